The number of carboxylic acid groups (broad SMARTS) is 1. The van der Waals surface area contributed by atoms with E-state index in [1.165, 1.54) is 17.7 Å². The summed E-state index contributed by atoms with van der Waals surface area (Å²) in [6.07, 6.45) is 1.28. The van der Waals surface area contributed by atoms with E-state index in [1.807, 2.05) is 30.5 Å². The quantitative estimate of drug-likeness (QED) is 0.758. The molecule has 1 N–H and O–H groups in total. The fourth-order valence-corrected chi connectivity index (χ4v) is 3.63. The van der Waals surface area contributed by atoms with Gasteiger partial charge < -0.3 is 5.11 Å². The number of halogens is 1. The van der Waals surface area contributed by atoms with E-state index in [2.05, 4.69) is 20.9 Å². The average Bonchev–Trinajstić information content (AvgIpc) is 2.89. The van der Waals surface area contributed by atoms with Crippen molar-refractivity contribution in [1.29, 1.82) is 0 Å². The van der Waals surface area contributed by atoms with Crippen LogP contribution in [0.4, 0.5) is 0 Å². The summed E-state index contributed by atoms with van der Waals surface area (Å²) in [5.74, 6) is -1.07. The molecule has 22 heavy (non-hydrogen) atoms. The molecule has 0 fully saturated rings. The molecule has 0 aliphatic carbocycles. The fourth-order valence-electron chi connectivity index (χ4n) is 2.27. The van der Waals surface area contributed by atoms with Gasteiger partial charge in [-0.15, -0.1) is 11.3 Å². The van der Waals surface area contributed by atoms with Crippen molar-refractivity contribution in [2.45, 2.75) is 13.5 Å². The third-order valence-electron chi connectivity index (χ3n) is 3.28. The zero-order valence-corrected chi connectivity index (χ0v) is 13.9. The minimum absolute atomic E-state index is 0.336. The second-order valence-electron chi connectivity index (χ2n) is 4.88. The third kappa shape index (κ3) is 2.57. The molecule has 0 radical (unpaired) electrons. The van der Waals surface area contributed by atoms with Crippen LogP contribution in [0.5, 0.6) is 0 Å². The molecule has 3 aromatic rings. The maximum absolute atomic E-state index is 12.6. The molecular weight excluding hydrogens is 368 g/mol. The molecule has 0 spiro atoms. The van der Waals surface area contributed by atoms with Crippen molar-refractivity contribution in [2.75, 3.05) is 0 Å². The maximum atomic E-state index is 12.6. The van der Waals surface area contributed by atoms with Crippen molar-refractivity contribution in [2.24, 2.45) is 0 Å². The summed E-state index contributed by atoms with van der Waals surface area (Å²) in [5.41, 5.74) is 2.41. The van der Waals surface area contributed by atoms with E-state index >= 15 is 0 Å². The van der Waals surface area contributed by atoms with Crippen molar-refractivity contribution >= 4 is 43.5 Å². The van der Waals surface area contributed by atoms with Crippen molar-refractivity contribution < 1.29 is 9.90 Å². The van der Waals surface area contributed by atoms with Gasteiger partial charge in [0, 0.05) is 15.4 Å². The van der Waals surface area contributed by atoms with Crippen molar-refractivity contribution in [1.82, 2.24) is 9.55 Å². The van der Waals surface area contributed by atoms with Gasteiger partial charge in [0.2, 0.25) is 0 Å². The number of hydrogen-bond donors (Lipinski definition) is 1. The molecule has 7 heteroatoms. The Kier molecular flexibility index (Phi) is 3.84. The lowest BCUT2D eigenvalue weighted by Crippen LogP contribution is -2.24. The molecule has 0 aliphatic heterocycles. The van der Waals surface area contributed by atoms with Gasteiger partial charge in [0.15, 0.2) is 0 Å². The van der Waals surface area contributed by atoms with Gasteiger partial charge in [-0.3, -0.25) is 14.2 Å². The first-order chi connectivity index (χ1) is 10.5. The minimum atomic E-state index is -1.07. The molecular formula is C15H11BrN2O3S. The average molecular weight is 379 g/mol. The van der Waals surface area contributed by atoms with Crippen LogP contribution < -0.4 is 5.56 Å². The molecule has 2 aromatic heterocycles. The molecule has 1 aromatic carbocycles. The van der Waals surface area contributed by atoms with Crippen molar-refractivity contribution in [3.63, 3.8) is 0 Å². The Bertz CT molecular complexity index is 946. The molecule has 0 bridgehead atoms. The van der Waals surface area contributed by atoms with E-state index in [0.717, 1.165) is 25.7 Å². The second-order valence-corrected chi connectivity index (χ2v) is 6.60. The number of hydrogen-bond acceptors (Lipinski definition) is 4. The first-order valence-corrected chi connectivity index (χ1v) is 8.09. The summed E-state index contributed by atoms with van der Waals surface area (Å²) in [4.78, 5) is 28.2. The van der Waals surface area contributed by atoms with Crippen LogP contribution in [0.3, 0.4) is 0 Å². The zero-order valence-electron chi connectivity index (χ0n) is 11.5. The van der Waals surface area contributed by atoms with Gasteiger partial charge in [0.05, 0.1) is 11.7 Å². The molecule has 3 rings (SSSR count). The first kappa shape index (κ1) is 14.9. The fraction of sp³-hybridized carbons (Fsp3) is 0.133. The Hall–Kier alpha value is -1.99. The van der Waals surface area contributed by atoms with Gasteiger partial charge in [-0.1, -0.05) is 33.6 Å². The van der Waals surface area contributed by atoms with Gasteiger partial charge >= 0.3 is 5.97 Å². The largest absolute Gasteiger partial charge is 0.480 e. The lowest BCUT2D eigenvalue weighted by atomic mass is 10.0. The van der Waals surface area contributed by atoms with Crippen LogP contribution in [-0.2, 0) is 11.3 Å². The van der Waals surface area contributed by atoms with Crippen LogP contribution >= 0.6 is 27.3 Å². The topological polar surface area (TPSA) is 72.2 Å². The number of carbonyl (C=O) groups is 1. The van der Waals surface area contributed by atoms with Gasteiger partial charge in [0.25, 0.3) is 5.56 Å². The number of carboxylic acids is 1. The number of aliphatic carboxylic acids is 1. The molecule has 112 valence electrons. The van der Waals surface area contributed by atoms with Gasteiger partial charge in [-0.2, -0.15) is 0 Å². The third-order valence-corrected chi connectivity index (χ3v) is 4.86. The van der Waals surface area contributed by atoms with E-state index in [-0.39, 0.29) is 5.56 Å². The predicted molar refractivity (Wildman–Crippen MR) is 89.4 cm³/mol. The van der Waals surface area contributed by atoms with Gasteiger partial charge in [-0.25, -0.2) is 4.98 Å². The van der Waals surface area contributed by atoms with E-state index in [0.29, 0.717) is 10.2 Å². The van der Waals surface area contributed by atoms with Crippen LogP contribution in [0.15, 0.2) is 39.2 Å². The maximum Gasteiger partial charge on any atom is 0.323 e. The lowest BCUT2D eigenvalue weighted by Gasteiger charge is -2.06. The number of aryl methyl sites for hydroxylation is 1. The number of benzene rings is 1. The highest BCUT2D eigenvalue weighted by Crippen LogP contribution is 2.35. The highest BCUT2D eigenvalue weighted by Gasteiger charge is 2.16. The smallest absolute Gasteiger partial charge is 0.323 e. The molecule has 0 aliphatic rings. The highest BCUT2D eigenvalue weighted by atomic mass is 79.9. The van der Waals surface area contributed by atoms with Crippen LogP contribution in [0.25, 0.3) is 21.3 Å². The monoisotopic (exact) mass is 378 g/mol. The standard InChI is InChI=1S/C15H11BrN2O3S/c1-8-2-3-11(16)9(4-8)10-6-22-14-13(10)15(21)18(7-17-14)5-12(19)20/h2-4,6-7H,5H2,1H3,(H,19,20). The van der Waals surface area contributed by atoms with Crippen molar-refractivity contribution in [3.05, 3.63) is 50.3 Å². The van der Waals surface area contributed by atoms with Crippen LogP contribution in [-0.4, -0.2) is 20.6 Å². The van der Waals surface area contributed by atoms with E-state index in [1.54, 1.807) is 0 Å². The number of nitrogens with zero attached hydrogens (tertiary/aromatic N) is 2. The predicted octanol–water partition coefficient (Wildman–Crippen LogP) is 3.28. The second kappa shape index (κ2) is 5.66. The van der Waals surface area contributed by atoms with E-state index in [9.17, 15) is 9.59 Å². The van der Waals surface area contributed by atoms with Crippen molar-refractivity contribution in [3.8, 4) is 11.1 Å². The number of rotatable bonds is 3. The first-order valence-electron chi connectivity index (χ1n) is 6.42. The Morgan fingerprint density at radius 3 is 2.91 bits per heavy atom. The summed E-state index contributed by atoms with van der Waals surface area (Å²) in [7, 11) is 0. The summed E-state index contributed by atoms with van der Waals surface area (Å²) in [6.45, 7) is 1.58. The minimum Gasteiger partial charge on any atom is -0.480 e. The number of aromatic nitrogens is 2. The molecule has 0 amide bonds. The Morgan fingerprint density at radius 1 is 1.41 bits per heavy atom. The number of fused-ring (bicyclic) bond motifs is 1. The molecule has 0 saturated heterocycles. The molecule has 2 heterocycles. The molecule has 5 nitrogen and oxygen atoms in total. The molecule has 0 atom stereocenters. The van der Waals surface area contributed by atoms with Crippen LogP contribution in [0.2, 0.25) is 0 Å². The highest BCUT2D eigenvalue weighted by molar-refractivity contribution is 9.10. The van der Waals surface area contributed by atoms with Gasteiger partial charge in [0.1, 0.15) is 11.4 Å². The summed E-state index contributed by atoms with van der Waals surface area (Å²) in [6, 6.07) is 5.89. The summed E-state index contributed by atoms with van der Waals surface area (Å²) in [5, 5.41) is 11.2. The zero-order chi connectivity index (χ0) is 15.9. The lowest BCUT2D eigenvalue weighted by molar-refractivity contribution is -0.137. The Morgan fingerprint density at radius 2 is 2.18 bits per heavy atom. The summed E-state index contributed by atoms with van der Waals surface area (Å²) < 4.78 is 2.00. The van der Waals surface area contributed by atoms with Crippen LogP contribution in [0, 0.1) is 6.92 Å². The van der Waals surface area contributed by atoms with Crippen LogP contribution in [0.1, 0.15) is 5.56 Å². The Balaban J connectivity index is 2.29. The van der Waals surface area contributed by atoms with Gasteiger partial charge in [-0.05, 0) is 18.6 Å². The molecule has 0 unspecified atom stereocenters. The normalized spacial score (nSPS) is 11.0. The van der Waals surface area contributed by atoms with E-state index in [4.69, 9.17) is 5.11 Å². The SMILES string of the molecule is Cc1ccc(Br)c(-c2csc3ncn(CC(=O)O)c(=O)c23)c1. The summed E-state index contributed by atoms with van der Waals surface area (Å²) >= 11 is 4.87. The molecule has 0 saturated carbocycles. The number of thiophene rings is 1. The Labute approximate surface area is 138 Å². The van der Waals surface area contributed by atoms with E-state index < -0.39 is 12.5 Å².